The van der Waals surface area contributed by atoms with Crippen molar-refractivity contribution >= 4 is 39.5 Å². The monoisotopic (exact) mass is 1340 g/mol. The highest BCUT2D eigenvalue weighted by atomic mass is 31.2. The minimum Gasteiger partial charge on any atom is -0.462 e. The summed E-state index contributed by atoms with van der Waals surface area (Å²) in [7, 11) is -9.91. The zero-order valence-corrected chi connectivity index (χ0v) is 61.3. The Bertz CT molecular complexity index is 1800. The smallest absolute Gasteiger partial charge is 0.462 e. The molecule has 0 aliphatic carbocycles. The van der Waals surface area contributed by atoms with E-state index in [1.54, 1.807) is 0 Å². The summed E-state index contributed by atoms with van der Waals surface area (Å²) in [6, 6.07) is 0. The highest BCUT2D eigenvalue weighted by molar-refractivity contribution is 7.47. The molecule has 0 bridgehead atoms. The van der Waals surface area contributed by atoms with Gasteiger partial charge < -0.3 is 33.8 Å². The lowest BCUT2D eigenvalue weighted by atomic mass is 9.99. The Kier molecular flexibility index (Phi) is 60.3. The molecule has 5 unspecified atom stereocenters. The van der Waals surface area contributed by atoms with E-state index in [1.165, 1.54) is 154 Å². The van der Waals surface area contributed by atoms with E-state index >= 15 is 0 Å². The van der Waals surface area contributed by atoms with Crippen LogP contribution in [0.15, 0.2) is 0 Å². The number of aliphatic hydroxyl groups excluding tert-OH is 1. The first-order chi connectivity index (χ1) is 43.7. The number of unbranched alkanes of at least 4 members (excludes halogenated alkanes) is 32. The predicted molar refractivity (Wildman–Crippen MR) is 367 cm³/mol. The normalized spacial score (nSPS) is 15.1. The van der Waals surface area contributed by atoms with E-state index in [1.807, 2.05) is 0 Å². The molecule has 0 aliphatic rings. The standard InChI is InChI=1S/C72H140O17P2/c1-9-63(6)49-41-33-25-20-22-28-38-46-54-71(76)88-67(58-82-69(74)52-44-36-27-19-17-15-13-12-14-16-18-24-32-40-48-62(4)5)60-86-90(78,79)84-56-66(73)57-85-91(80,81)87-61-68(59-83-70(75)53-45-37-31-30-35-43-51-65(8)11-3)89-72(77)55-47-39-29-23-21-26-34-42-50-64(7)10-2/h62-68,73H,9-61H2,1-8H3,(H,78,79)(H,80,81)/t63?,64?,65?,66-,67-,68-/m1/s1. The van der Waals surface area contributed by atoms with Crippen LogP contribution in [0.25, 0.3) is 0 Å². The van der Waals surface area contributed by atoms with E-state index in [4.69, 9.17) is 37.0 Å². The molecule has 91 heavy (non-hydrogen) atoms. The van der Waals surface area contributed by atoms with Crippen molar-refractivity contribution in [3.63, 3.8) is 0 Å². The van der Waals surface area contributed by atoms with Crippen molar-refractivity contribution in [2.45, 2.75) is 375 Å². The molecule has 8 atom stereocenters. The molecule has 0 heterocycles. The first-order valence-corrected chi connectivity index (χ1v) is 40.3. The van der Waals surface area contributed by atoms with Crippen LogP contribution in [-0.2, 0) is 65.4 Å². The lowest BCUT2D eigenvalue weighted by Gasteiger charge is -2.21. The van der Waals surface area contributed by atoms with Crippen LogP contribution >= 0.6 is 15.6 Å². The Labute approximate surface area is 556 Å². The first-order valence-electron chi connectivity index (χ1n) is 37.3. The molecule has 0 radical (unpaired) electrons. The molecular weight excluding hydrogens is 1200 g/mol. The molecule has 0 spiro atoms. The van der Waals surface area contributed by atoms with E-state index in [2.05, 4.69) is 55.4 Å². The summed E-state index contributed by atoms with van der Waals surface area (Å²) < 4.78 is 68.4. The SMILES string of the molecule is CCC(C)CCCCCCCCCCC(=O)O[C@H](COC(=O)CCCCCCCCCCCCCCCCC(C)C)COP(=O)(O)OC[C@@H](O)COP(=O)(O)OC[C@@H](COC(=O)CCCCCCCCC(C)CC)OC(=O)CCCCCCCCCCC(C)CC. The van der Waals surface area contributed by atoms with Crippen LogP contribution in [0.2, 0.25) is 0 Å². The molecule has 0 aliphatic heterocycles. The van der Waals surface area contributed by atoms with Crippen LogP contribution < -0.4 is 0 Å². The highest BCUT2D eigenvalue weighted by Crippen LogP contribution is 2.45. The van der Waals surface area contributed by atoms with Gasteiger partial charge in [-0.25, -0.2) is 9.13 Å². The first kappa shape index (κ1) is 89.1. The molecular formula is C72H140O17P2. The van der Waals surface area contributed by atoms with E-state index in [9.17, 15) is 43.2 Å². The van der Waals surface area contributed by atoms with Crippen molar-refractivity contribution in [3.05, 3.63) is 0 Å². The summed E-state index contributed by atoms with van der Waals surface area (Å²) in [5.74, 6) is 0.939. The van der Waals surface area contributed by atoms with Gasteiger partial charge in [0.1, 0.15) is 19.3 Å². The van der Waals surface area contributed by atoms with Crippen molar-refractivity contribution in [1.29, 1.82) is 0 Å². The fourth-order valence-corrected chi connectivity index (χ4v) is 12.3. The second kappa shape index (κ2) is 61.6. The average molecular weight is 1340 g/mol. The minimum absolute atomic E-state index is 0.104. The number of hydrogen-bond acceptors (Lipinski definition) is 15. The molecule has 17 nitrogen and oxygen atoms in total. The number of phosphoric acid groups is 2. The maximum absolute atomic E-state index is 13.0. The van der Waals surface area contributed by atoms with Crippen LogP contribution in [0.1, 0.15) is 357 Å². The summed E-state index contributed by atoms with van der Waals surface area (Å²) in [6.45, 7) is 14.1. The van der Waals surface area contributed by atoms with Crippen molar-refractivity contribution in [3.8, 4) is 0 Å². The predicted octanol–water partition coefficient (Wildman–Crippen LogP) is 20.5. The molecule has 19 heteroatoms. The van der Waals surface area contributed by atoms with E-state index in [0.717, 1.165) is 120 Å². The molecule has 0 saturated carbocycles. The van der Waals surface area contributed by atoms with Gasteiger partial charge in [0.15, 0.2) is 12.2 Å². The Morgan fingerprint density at radius 1 is 0.308 bits per heavy atom. The van der Waals surface area contributed by atoms with Crippen LogP contribution in [0, 0.1) is 23.7 Å². The van der Waals surface area contributed by atoms with Gasteiger partial charge in [-0.3, -0.25) is 37.3 Å². The molecule has 0 aromatic rings. The van der Waals surface area contributed by atoms with Gasteiger partial charge in [0.2, 0.25) is 0 Å². The minimum atomic E-state index is -4.95. The highest BCUT2D eigenvalue weighted by Gasteiger charge is 2.30. The van der Waals surface area contributed by atoms with E-state index in [0.29, 0.717) is 25.7 Å². The van der Waals surface area contributed by atoms with E-state index in [-0.39, 0.29) is 25.7 Å². The number of rotatable bonds is 69. The second-order valence-electron chi connectivity index (χ2n) is 27.2. The molecule has 0 saturated heterocycles. The summed E-state index contributed by atoms with van der Waals surface area (Å²) in [5.41, 5.74) is 0. The Morgan fingerprint density at radius 3 is 0.780 bits per heavy atom. The van der Waals surface area contributed by atoms with Crippen molar-refractivity contribution in [2.24, 2.45) is 23.7 Å². The second-order valence-corrected chi connectivity index (χ2v) is 30.1. The Hall–Kier alpha value is -1.94. The molecule has 0 amide bonds. The number of phosphoric ester groups is 2. The topological polar surface area (TPSA) is 237 Å². The van der Waals surface area contributed by atoms with Gasteiger partial charge >= 0.3 is 39.5 Å². The number of ether oxygens (including phenoxy) is 4. The lowest BCUT2D eigenvalue weighted by molar-refractivity contribution is -0.161. The van der Waals surface area contributed by atoms with Crippen molar-refractivity contribution in [2.75, 3.05) is 39.6 Å². The van der Waals surface area contributed by atoms with Crippen LogP contribution in [-0.4, -0.2) is 96.7 Å². The van der Waals surface area contributed by atoms with Gasteiger partial charge in [-0.15, -0.1) is 0 Å². The number of aliphatic hydroxyl groups is 1. The molecule has 0 fully saturated rings. The van der Waals surface area contributed by atoms with Crippen molar-refractivity contribution in [1.82, 2.24) is 0 Å². The number of esters is 4. The largest absolute Gasteiger partial charge is 0.472 e. The molecule has 540 valence electrons. The van der Waals surface area contributed by atoms with Gasteiger partial charge in [0, 0.05) is 25.7 Å². The van der Waals surface area contributed by atoms with Gasteiger partial charge in [-0.1, -0.05) is 306 Å². The van der Waals surface area contributed by atoms with Gasteiger partial charge in [0.05, 0.1) is 26.4 Å². The van der Waals surface area contributed by atoms with Gasteiger partial charge in [-0.2, -0.15) is 0 Å². The molecule has 0 aromatic heterocycles. The Balaban J connectivity index is 5.24. The summed E-state index contributed by atoms with van der Waals surface area (Å²) in [6.07, 6.45) is 44.4. The number of carbonyl (C=O) groups is 4. The van der Waals surface area contributed by atoms with Crippen LogP contribution in [0.3, 0.4) is 0 Å². The van der Waals surface area contributed by atoms with Gasteiger partial charge in [-0.05, 0) is 49.4 Å². The molecule has 0 rings (SSSR count). The zero-order valence-electron chi connectivity index (χ0n) is 59.5. The third-order valence-corrected chi connectivity index (χ3v) is 19.6. The fraction of sp³-hybridized carbons (Fsp3) is 0.944. The van der Waals surface area contributed by atoms with Crippen molar-refractivity contribution < 1.29 is 80.2 Å². The van der Waals surface area contributed by atoms with E-state index < -0.39 is 97.5 Å². The summed E-state index contributed by atoms with van der Waals surface area (Å²) >= 11 is 0. The molecule has 3 N–H and O–H groups in total. The maximum Gasteiger partial charge on any atom is 0.472 e. The fourth-order valence-electron chi connectivity index (χ4n) is 10.7. The number of carbonyl (C=O) groups excluding carboxylic acids is 4. The van der Waals surface area contributed by atoms with Crippen LogP contribution in [0.4, 0.5) is 0 Å². The lowest BCUT2D eigenvalue weighted by Crippen LogP contribution is -2.30. The maximum atomic E-state index is 13.0. The zero-order chi connectivity index (χ0) is 67.5. The van der Waals surface area contributed by atoms with Gasteiger partial charge in [0.25, 0.3) is 0 Å². The van der Waals surface area contributed by atoms with Crippen LogP contribution in [0.5, 0.6) is 0 Å². The summed E-state index contributed by atoms with van der Waals surface area (Å²) in [5, 5.41) is 10.6. The third-order valence-electron chi connectivity index (χ3n) is 17.7. The quantitative estimate of drug-likeness (QED) is 0.0222. The average Bonchev–Trinajstić information content (AvgIpc) is 3.73. The molecule has 0 aromatic carbocycles. The summed E-state index contributed by atoms with van der Waals surface area (Å²) in [4.78, 5) is 72.6. The number of hydrogen-bond donors (Lipinski definition) is 3. The Morgan fingerprint density at radius 2 is 0.527 bits per heavy atom. The third kappa shape index (κ3) is 62.6.